The van der Waals surface area contributed by atoms with Crippen molar-refractivity contribution in [2.24, 2.45) is 11.7 Å². The molecule has 0 rings (SSSR count). The second-order valence-corrected chi connectivity index (χ2v) is 3.03. The fourth-order valence-corrected chi connectivity index (χ4v) is 1.38. The Labute approximate surface area is 70.4 Å². The predicted molar refractivity (Wildman–Crippen MR) is 50.1 cm³/mol. The molecule has 0 aromatic carbocycles. The molecule has 0 heterocycles. The fourth-order valence-electron chi connectivity index (χ4n) is 1.38. The van der Waals surface area contributed by atoms with E-state index in [1.54, 1.807) is 0 Å². The van der Waals surface area contributed by atoms with Crippen molar-refractivity contribution >= 4 is 0 Å². The lowest BCUT2D eigenvalue weighted by molar-refractivity contribution is 0.409. The summed E-state index contributed by atoms with van der Waals surface area (Å²) in [6.45, 7) is 4.35. The maximum Gasteiger partial charge on any atom is 0.0690 e. The van der Waals surface area contributed by atoms with Crippen molar-refractivity contribution in [1.82, 2.24) is 0 Å². The van der Waals surface area contributed by atoms with E-state index in [1.807, 2.05) is 0 Å². The molecule has 2 N–H and O–H groups in total. The van der Waals surface area contributed by atoms with E-state index in [0.29, 0.717) is 5.92 Å². The van der Waals surface area contributed by atoms with E-state index in [9.17, 15) is 0 Å². The lowest BCUT2D eigenvalue weighted by Crippen LogP contribution is -2.28. The molecule has 0 radical (unpaired) electrons. The van der Waals surface area contributed by atoms with E-state index in [0.717, 1.165) is 0 Å². The molecule has 11 heavy (non-hydrogen) atoms. The van der Waals surface area contributed by atoms with E-state index in [1.165, 1.54) is 25.7 Å². The van der Waals surface area contributed by atoms with Gasteiger partial charge in [0.05, 0.1) is 6.04 Å². The van der Waals surface area contributed by atoms with E-state index < -0.39 is 0 Å². The summed E-state index contributed by atoms with van der Waals surface area (Å²) in [5.74, 6) is 3.15. The van der Waals surface area contributed by atoms with Gasteiger partial charge in [-0.1, -0.05) is 32.6 Å². The van der Waals surface area contributed by atoms with Crippen LogP contribution in [0, 0.1) is 18.3 Å². The molecule has 0 aromatic heterocycles. The molecule has 0 saturated carbocycles. The molecule has 0 aromatic rings. The minimum Gasteiger partial charge on any atom is -0.317 e. The predicted octanol–water partition coefficient (Wildman–Crippen LogP) is 2.16. The van der Waals surface area contributed by atoms with Gasteiger partial charge in [0.25, 0.3) is 0 Å². The Bertz CT molecular complexity index is 117. The zero-order chi connectivity index (χ0) is 8.69. The summed E-state index contributed by atoms with van der Waals surface area (Å²) in [5, 5.41) is 0. The minimum atomic E-state index is -0.0325. The second kappa shape index (κ2) is 6.24. The van der Waals surface area contributed by atoms with Crippen molar-refractivity contribution in [3.8, 4) is 12.3 Å². The normalized spacial score (nSPS) is 13.0. The summed E-state index contributed by atoms with van der Waals surface area (Å²) in [7, 11) is 0. The van der Waals surface area contributed by atoms with Crippen molar-refractivity contribution in [3.05, 3.63) is 0 Å². The van der Waals surface area contributed by atoms with Gasteiger partial charge in [0.2, 0.25) is 0 Å². The Morgan fingerprint density at radius 1 is 1.27 bits per heavy atom. The monoisotopic (exact) mass is 153 g/mol. The van der Waals surface area contributed by atoms with Crippen LogP contribution in [0.4, 0.5) is 0 Å². The summed E-state index contributed by atoms with van der Waals surface area (Å²) < 4.78 is 0. The lowest BCUT2D eigenvalue weighted by atomic mass is 9.91. The van der Waals surface area contributed by atoms with Crippen LogP contribution in [0.15, 0.2) is 0 Å². The van der Waals surface area contributed by atoms with Crippen LogP contribution in [-0.4, -0.2) is 6.04 Å². The first kappa shape index (κ1) is 10.5. The molecule has 0 aliphatic heterocycles. The van der Waals surface area contributed by atoms with Crippen LogP contribution < -0.4 is 5.73 Å². The van der Waals surface area contributed by atoms with Crippen LogP contribution in [0.25, 0.3) is 0 Å². The first-order chi connectivity index (χ1) is 5.26. The molecule has 0 bridgehead atoms. The van der Waals surface area contributed by atoms with E-state index in [4.69, 9.17) is 12.2 Å². The smallest absolute Gasteiger partial charge is 0.0690 e. The third kappa shape index (κ3) is 4.06. The molecule has 0 spiro atoms. The summed E-state index contributed by atoms with van der Waals surface area (Å²) in [6.07, 6.45) is 9.95. The maximum absolute atomic E-state index is 5.75. The SMILES string of the molecule is C#CC(N)C(CCC)CCC. The Balaban J connectivity index is 3.78. The molecule has 0 saturated heterocycles. The van der Waals surface area contributed by atoms with Crippen LogP contribution >= 0.6 is 0 Å². The Hall–Kier alpha value is -0.480. The van der Waals surface area contributed by atoms with E-state index in [-0.39, 0.29) is 6.04 Å². The highest BCUT2D eigenvalue weighted by molar-refractivity contribution is 4.99. The Morgan fingerprint density at radius 3 is 2.00 bits per heavy atom. The molecular weight excluding hydrogens is 134 g/mol. The second-order valence-electron chi connectivity index (χ2n) is 3.03. The zero-order valence-corrected chi connectivity index (χ0v) is 7.64. The summed E-state index contributed by atoms with van der Waals surface area (Å²) in [6, 6.07) is -0.0325. The van der Waals surface area contributed by atoms with Gasteiger partial charge in [-0.25, -0.2) is 0 Å². The fraction of sp³-hybridized carbons (Fsp3) is 0.800. The van der Waals surface area contributed by atoms with Gasteiger partial charge in [-0.05, 0) is 18.8 Å². The minimum absolute atomic E-state index is 0.0325. The molecule has 0 amide bonds. The van der Waals surface area contributed by atoms with Crippen molar-refractivity contribution in [2.75, 3.05) is 0 Å². The molecule has 1 heteroatoms. The molecule has 1 nitrogen and oxygen atoms in total. The molecule has 64 valence electrons. The molecule has 1 atom stereocenters. The zero-order valence-electron chi connectivity index (χ0n) is 7.64. The molecular formula is C10H19N. The molecule has 0 fully saturated rings. The van der Waals surface area contributed by atoms with Crippen molar-refractivity contribution < 1.29 is 0 Å². The Morgan fingerprint density at radius 2 is 1.73 bits per heavy atom. The summed E-state index contributed by atoms with van der Waals surface area (Å²) in [5.41, 5.74) is 5.75. The third-order valence-electron chi connectivity index (χ3n) is 2.02. The van der Waals surface area contributed by atoms with Gasteiger partial charge in [0.15, 0.2) is 0 Å². The van der Waals surface area contributed by atoms with Crippen LogP contribution in [0.2, 0.25) is 0 Å². The number of nitrogens with two attached hydrogens (primary N) is 1. The van der Waals surface area contributed by atoms with Gasteiger partial charge in [-0.2, -0.15) is 0 Å². The molecule has 0 aliphatic rings. The summed E-state index contributed by atoms with van der Waals surface area (Å²) >= 11 is 0. The van der Waals surface area contributed by atoms with Gasteiger partial charge >= 0.3 is 0 Å². The first-order valence-electron chi connectivity index (χ1n) is 4.47. The highest BCUT2D eigenvalue weighted by atomic mass is 14.6. The lowest BCUT2D eigenvalue weighted by Gasteiger charge is -2.17. The first-order valence-corrected chi connectivity index (χ1v) is 4.47. The quantitative estimate of drug-likeness (QED) is 0.602. The number of hydrogen-bond donors (Lipinski definition) is 1. The van der Waals surface area contributed by atoms with Crippen LogP contribution in [0.1, 0.15) is 39.5 Å². The van der Waals surface area contributed by atoms with Gasteiger partial charge < -0.3 is 5.73 Å². The summed E-state index contributed by atoms with van der Waals surface area (Å²) in [4.78, 5) is 0. The molecule has 0 aliphatic carbocycles. The van der Waals surface area contributed by atoms with Gasteiger partial charge in [0.1, 0.15) is 0 Å². The van der Waals surface area contributed by atoms with Gasteiger partial charge in [-0.15, -0.1) is 6.42 Å². The molecule has 1 unspecified atom stereocenters. The standard InChI is InChI=1S/C10H19N/c1-4-7-9(8-5-2)10(11)6-3/h3,9-10H,4-5,7-8,11H2,1-2H3. The number of hydrogen-bond acceptors (Lipinski definition) is 1. The van der Waals surface area contributed by atoms with E-state index in [2.05, 4.69) is 19.8 Å². The Kier molecular flexibility index (Phi) is 5.97. The van der Waals surface area contributed by atoms with Crippen LogP contribution in [0.5, 0.6) is 0 Å². The van der Waals surface area contributed by atoms with Crippen molar-refractivity contribution in [1.29, 1.82) is 0 Å². The third-order valence-corrected chi connectivity index (χ3v) is 2.02. The number of rotatable bonds is 5. The van der Waals surface area contributed by atoms with Gasteiger partial charge in [0, 0.05) is 0 Å². The maximum atomic E-state index is 5.75. The van der Waals surface area contributed by atoms with Crippen LogP contribution in [0.3, 0.4) is 0 Å². The highest BCUT2D eigenvalue weighted by Gasteiger charge is 2.12. The topological polar surface area (TPSA) is 26.0 Å². The van der Waals surface area contributed by atoms with E-state index >= 15 is 0 Å². The largest absolute Gasteiger partial charge is 0.317 e. The van der Waals surface area contributed by atoms with Crippen LogP contribution in [-0.2, 0) is 0 Å². The van der Waals surface area contributed by atoms with Gasteiger partial charge in [-0.3, -0.25) is 0 Å². The average Bonchev–Trinajstić information content (AvgIpc) is 2.03. The average molecular weight is 153 g/mol. The van der Waals surface area contributed by atoms with Crippen molar-refractivity contribution in [3.63, 3.8) is 0 Å². The van der Waals surface area contributed by atoms with Crippen molar-refractivity contribution in [2.45, 2.75) is 45.6 Å². The highest BCUT2D eigenvalue weighted by Crippen LogP contribution is 2.15. The number of terminal acetylenes is 1.